The van der Waals surface area contributed by atoms with Gasteiger partial charge >= 0.3 is 0 Å². The molecular formula is C19H15BrF2N2. The molecule has 0 aliphatic heterocycles. The highest BCUT2D eigenvalue weighted by atomic mass is 79.9. The van der Waals surface area contributed by atoms with Crippen LogP contribution < -0.4 is 5.32 Å². The molecule has 1 N–H and O–H groups in total. The van der Waals surface area contributed by atoms with Crippen molar-refractivity contribution in [2.45, 2.75) is 18.3 Å². The minimum absolute atomic E-state index is 0.0822. The molecule has 0 spiro atoms. The molecule has 0 saturated heterocycles. The lowest BCUT2D eigenvalue weighted by Crippen LogP contribution is -2.20. The molecule has 122 valence electrons. The first-order chi connectivity index (χ1) is 11.6. The number of anilines is 1. The van der Waals surface area contributed by atoms with Gasteiger partial charge in [-0.05, 0) is 40.4 Å². The van der Waals surface area contributed by atoms with Crippen molar-refractivity contribution in [1.82, 2.24) is 4.98 Å². The zero-order chi connectivity index (χ0) is 16.7. The Morgan fingerprint density at radius 3 is 2.58 bits per heavy atom. The number of hydrogen-bond acceptors (Lipinski definition) is 2. The smallest absolute Gasteiger partial charge is 0.137 e. The van der Waals surface area contributed by atoms with Gasteiger partial charge in [0.25, 0.3) is 0 Å². The lowest BCUT2D eigenvalue weighted by atomic mass is 9.96. The average Bonchev–Trinajstić information content (AvgIpc) is 3.37. The first-order valence-corrected chi connectivity index (χ1v) is 8.61. The molecule has 1 aliphatic rings. The Kier molecular flexibility index (Phi) is 3.76. The first-order valence-electron chi connectivity index (χ1n) is 7.82. The van der Waals surface area contributed by atoms with Crippen molar-refractivity contribution in [3.8, 4) is 0 Å². The van der Waals surface area contributed by atoms with Gasteiger partial charge in [-0.1, -0.05) is 30.3 Å². The van der Waals surface area contributed by atoms with Gasteiger partial charge in [-0.15, -0.1) is 0 Å². The second-order valence-electron chi connectivity index (χ2n) is 6.26. The summed E-state index contributed by atoms with van der Waals surface area (Å²) in [6.07, 6.45) is 3.76. The number of halogens is 3. The minimum Gasteiger partial charge on any atom is -0.369 e. The number of aromatic nitrogens is 1. The molecule has 4 rings (SSSR count). The van der Waals surface area contributed by atoms with Crippen molar-refractivity contribution in [2.75, 3.05) is 11.9 Å². The summed E-state index contributed by atoms with van der Waals surface area (Å²) in [7, 11) is 0. The number of hydrogen-bond donors (Lipinski definition) is 1. The summed E-state index contributed by atoms with van der Waals surface area (Å²) >= 11 is 3.32. The molecule has 0 radical (unpaired) electrons. The second-order valence-corrected chi connectivity index (χ2v) is 7.12. The van der Waals surface area contributed by atoms with Crippen LogP contribution in [0.4, 0.5) is 14.6 Å². The molecule has 2 nitrogen and oxygen atoms in total. The lowest BCUT2D eigenvalue weighted by Gasteiger charge is -2.18. The van der Waals surface area contributed by atoms with Crippen LogP contribution in [0.5, 0.6) is 0 Å². The molecule has 1 aromatic heterocycles. The van der Waals surface area contributed by atoms with E-state index in [1.165, 1.54) is 11.6 Å². The number of nitrogens with one attached hydrogen (secondary N) is 1. The van der Waals surface area contributed by atoms with Crippen LogP contribution in [0, 0.1) is 11.6 Å². The molecule has 24 heavy (non-hydrogen) atoms. The van der Waals surface area contributed by atoms with Crippen LogP contribution in [0.2, 0.25) is 0 Å². The van der Waals surface area contributed by atoms with Crippen LogP contribution >= 0.6 is 15.9 Å². The van der Waals surface area contributed by atoms with Gasteiger partial charge in [-0.3, -0.25) is 0 Å². The highest BCUT2D eigenvalue weighted by Crippen LogP contribution is 2.48. The molecule has 1 aliphatic carbocycles. The van der Waals surface area contributed by atoms with Gasteiger partial charge in [0.2, 0.25) is 0 Å². The van der Waals surface area contributed by atoms with Crippen molar-refractivity contribution in [3.05, 3.63) is 70.3 Å². The van der Waals surface area contributed by atoms with Crippen LogP contribution in [0.3, 0.4) is 0 Å². The highest BCUT2D eigenvalue weighted by molar-refractivity contribution is 9.10. The molecule has 1 fully saturated rings. The summed E-state index contributed by atoms with van der Waals surface area (Å²) in [6.45, 7) is 0.678. The quantitative estimate of drug-likeness (QED) is 0.645. The minimum atomic E-state index is -0.606. The Hall–Kier alpha value is -2.01. The predicted octanol–water partition coefficient (Wildman–Crippen LogP) is 5.42. The Morgan fingerprint density at radius 2 is 1.88 bits per heavy atom. The molecule has 0 unspecified atom stereocenters. The summed E-state index contributed by atoms with van der Waals surface area (Å²) < 4.78 is 28.4. The Labute approximate surface area is 147 Å². The molecule has 0 amide bonds. The molecule has 5 heteroatoms. The van der Waals surface area contributed by atoms with Crippen molar-refractivity contribution in [3.63, 3.8) is 0 Å². The third-order valence-electron chi connectivity index (χ3n) is 4.69. The molecule has 2 aromatic carbocycles. The zero-order valence-electron chi connectivity index (χ0n) is 12.8. The Morgan fingerprint density at radius 1 is 1.12 bits per heavy atom. The summed E-state index contributed by atoms with van der Waals surface area (Å²) in [5.74, 6) is -0.750. The van der Waals surface area contributed by atoms with Gasteiger partial charge in [-0.25, -0.2) is 13.8 Å². The summed E-state index contributed by atoms with van der Waals surface area (Å²) in [4.78, 5) is 4.30. The van der Waals surface area contributed by atoms with Crippen LogP contribution in [0.1, 0.15) is 18.4 Å². The Bertz CT molecular complexity index is 908. The third kappa shape index (κ3) is 2.67. The molecule has 0 bridgehead atoms. The van der Waals surface area contributed by atoms with E-state index in [0.29, 0.717) is 27.6 Å². The van der Waals surface area contributed by atoms with Gasteiger partial charge in [0, 0.05) is 34.1 Å². The van der Waals surface area contributed by atoms with Crippen molar-refractivity contribution >= 4 is 32.5 Å². The normalized spacial score (nSPS) is 15.5. The van der Waals surface area contributed by atoms with E-state index >= 15 is 0 Å². The topological polar surface area (TPSA) is 24.9 Å². The van der Waals surface area contributed by atoms with Gasteiger partial charge in [-0.2, -0.15) is 0 Å². The van der Waals surface area contributed by atoms with E-state index in [0.717, 1.165) is 18.9 Å². The third-order valence-corrected chi connectivity index (χ3v) is 5.32. The first kappa shape index (κ1) is 15.5. The van der Waals surface area contributed by atoms with Crippen molar-refractivity contribution in [2.24, 2.45) is 0 Å². The largest absolute Gasteiger partial charge is 0.369 e. The van der Waals surface area contributed by atoms with Gasteiger partial charge < -0.3 is 5.32 Å². The second kappa shape index (κ2) is 5.81. The maximum atomic E-state index is 14.3. The molecule has 1 saturated carbocycles. The number of fused-ring (bicyclic) bond motifs is 1. The van der Waals surface area contributed by atoms with Gasteiger partial charge in [0.05, 0.1) is 5.39 Å². The van der Waals surface area contributed by atoms with E-state index in [1.807, 2.05) is 18.2 Å². The summed E-state index contributed by atoms with van der Waals surface area (Å²) in [5.41, 5.74) is 1.36. The fourth-order valence-electron chi connectivity index (χ4n) is 3.16. The van der Waals surface area contributed by atoms with E-state index in [2.05, 4.69) is 38.4 Å². The fraction of sp³-hybridized carbons (Fsp3) is 0.211. The predicted molar refractivity (Wildman–Crippen MR) is 95.2 cm³/mol. The van der Waals surface area contributed by atoms with Gasteiger partial charge in [0.1, 0.15) is 17.5 Å². The van der Waals surface area contributed by atoms with E-state index in [-0.39, 0.29) is 5.41 Å². The number of rotatable bonds is 4. The van der Waals surface area contributed by atoms with E-state index < -0.39 is 11.6 Å². The standard InChI is InChI=1S/C19H15BrF2N2/c20-15-10-23-18(17-14(15)8-13(21)9-16(17)22)24-11-19(6-7-19)12-4-2-1-3-5-12/h1-5,8-10H,6-7,11H2,(H,23,24). The van der Waals surface area contributed by atoms with Crippen LogP contribution in [0.15, 0.2) is 53.1 Å². The van der Waals surface area contributed by atoms with E-state index in [4.69, 9.17) is 0 Å². The zero-order valence-corrected chi connectivity index (χ0v) is 14.4. The van der Waals surface area contributed by atoms with Gasteiger partial charge in [0.15, 0.2) is 0 Å². The van der Waals surface area contributed by atoms with Crippen molar-refractivity contribution < 1.29 is 8.78 Å². The average molecular weight is 389 g/mol. The number of benzene rings is 2. The Balaban J connectivity index is 1.68. The highest BCUT2D eigenvalue weighted by Gasteiger charge is 2.44. The monoisotopic (exact) mass is 388 g/mol. The summed E-state index contributed by atoms with van der Waals surface area (Å²) in [5, 5.41) is 4.08. The van der Waals surface area contributed by atoms with Crippen LogP contribution in [-0.2, 0) is 5.41 Å². The maximum Gasteiger partial charge on any atom is 0.137 e. The number of nitrogens with zero attached hydrogens (tertiary/aromatic N) is 1. The van der Waals surface area contributed by atoms with E-state index in [9.17, 15) is 8.78 Å². The van der Waals surface area contributed by atoms with Crippen LogP contribution in [-0.4, -0.2) is 11.5 Å². The number of pyridine rings is 1. The molecule has 3 aromatic rings. The SMILES string of the molecule is Fc1cc(F)c2c(NCC3(c4ccccc4)CC3)ncc(Br)c2c1. The molecule has 1 heterocycles. The fourth-order valence-corrected chi connectivity index (χ4v) is 3.57. The lowest BCUT2D eigenvalue weighted by molar-refractivity contribution is 0.592. The van der Waals surface area contributed by atoms with Crippen LogP contribution in [0.25, 0.3) is 10.8 Å². The van der Waals surface area contributed by atoms with E-state index in [1.54, 1.807) is 6.20 Å². The molecule has 0 atom stereocenters. The summed E-state index contributed by atoms with van der Waals surface area (Å²) in [6, 6.07) is 12.5. The van der Waals surface area contributed by atoms with Crippen molar-refractivity contribution in [1.29, 1.82) is 0 Å². The maximum absolute atomic E-state index is 14.3. The molecular weight excluding hydrogens is 374 g/mol.